The summed E-state index contributed by atoms with van der Waals surface area (Å²) in [6.07, 6.45) is 8.73. The fourth-order valence-electron chi connectivity index (χ4n) is 3.19. The highest BCUT2D eigenvalue weighted by molar-refractivity contribution is 5.83. The Hall–Kier alpha value is -4.01. The highest BCUT2D eigenvalue weighted by atomic mass is 16.2. The molecule has 0 fully saturated rings. The number of carbonyl (C=O) groups is 1. The number of anilines is 2. The molecule has 166 valence electrons. The number of pyridine rings is 2. The Morgan fingerprint density at radius 1 is 1.31 bits per heavy atom. The minimum Gasteiger partial charge on any atom is -0.383 e. The number of nitrogens with one attached hydrogen (secondary N) is 2. The fraction of sp³-hybridized carbons (Fsp3) is 0.261. The molecule has 0 saturated heterocycles. The second-order valence-electron chi connectivity index (χ2n) is 7.92. The molecule has 0 aromatic carbocycles. The largest absolute Gasteiger partial charge is 0.383 e. The monoisotopic (exact) mass is 432 g/mol. The van der Waals surface area contributed by atoms with Crippen molar-refractivity contribution in [2.24, 2.45) is 4.99 Å². The van der Waals surface area contributed by atoms with Gasteiger partial charge in [-0.25, -0.2) is 9.98 Å². The van der Waals surface area contributed by atoms with Crippen LogP contribution in [0.4, 0.5) is 11.5 Å². The number of carbonyl (C=O) groups excluding carboxylic acids is 1. The molecule has 0 spiro atoms. The maximum absolute atomic E-state index is 12.2. The van der Waals surface area contributed by atoms with Crippen LogP contribution >= 0.6 is 0 Å². The first kappa shape index (κ1) is 22.7. The zero-order valence-electron chi connectivity index (χ0n) is 19.0. The SMILES string of the molecule is C=N/C(=C\c1cc(-c2cnccc2C)nc(N)c1C)Nc1cnn(C(C)(C)C(=O)NC)c1. The molecular formula is C23H28N8O. The van der Waals surface area contributed by atoms with Crippen molar-refractivity contribution in [1.82, 2.24) is 25.1 Å². The summed E-state index contributed by atoms with van der Waals surface area (Å²) in [5.41, 5.74) is 10.4. The molecule has 0 unspecified atom stereocenters. The van der Waals surface area contributed by atoms with Gasteiger partial charge in [-0.3, -0.25) is 14.5 Å². The van der Waals surface area contributed by atoms with E-state index < -0.39 is 5.54 Å². The Balaban J connectivity index is 1.95. The van der Waals surface area contributed by atoms with Gasteiger partial charge in [-0.1, -0.05) is 0 Å². The van der Waals surface area contributed by atoms with Crippen LogP contribution in [0.2, 0.25) is 0 Å². The number of amides is 1. The van der Waals surface area contributed by atoms with Gasteiger partial charge in [-0.15, -0.1) is 0 Å². The second-order valence-corrected chi connectivity index (χ2v) is 7.92. The average Bonchev–Trinajstić information content (AvgIpc) is 3.25. The average molecular weight is 433 g/mol. The molecule has 3 aromatic rings. The first-order chi connectivity index (χ1) is 15.2. The van der Waals surface area contributed by atoms with Gasteiger partial charge in [0.05, 0.1) is 17.6 Å². The van der Waals surface area contributed by atoms with Crippen LogP contribution in [0, 0.1) is 13.8 Å². The van der Waals surface area contributed by atoms with E-state index in [0.717, 1.165) is 27.9 Å². The number of nitrogens with two attached hydrogens (primary N) is 1. The van der Waals surface area contributed by atoms with E-state index in [4.69, 9.17) is 5.73 Å². The Morgan fingerprint density at radius 3 is 2.72 bits per heavy atom. The van der Waals surface area contributed by atoms with Crippen LogP contribution in [-0.4, -0.2) is 39.4 Å². The molecule has 4 N–H and O–H groups in total. The smallest absolute Gasteiger partial charge is 0.247 e. The summed E-state index contributed by atoms with van der Waals surface area (Å²) in [5.74, 6) is 0.788. The van der Waals surface area contributed by atoms with Gasteiger partial charge < -0.3 is 16.4 Å². The summed E-state index contributed by atoms with van der Waals surface area (Å²) < 4.78 is 1.59. The maximum atomic E-state index is 12.2. The number of nitrogen functional groups attached to an aromatic ring is 1. The molecule has 3 aromatic heterocycles. The zero-order valence-corrected chi connectivity index (χ0v) is 19.0. The third kappa shape index (κ3) is 4.51. The molecule has 0 aliphatic rings. The standard InChI is InChI=1S/C23H28N8O/c1-14-7-8-27-12-18(14)19-9-16(15(2)21(24)30-19)10-20(25-5)29-17-11-28-31(13-17)23(3,4)22(32)26-6/h7-13,29H,5H2,1-4,6H3,(H2,24,30)(H,26,32)/b20-10+. The van der Waals surface area contributed by atoms with Crippen LogP contribution < -0.4 is 16.4 Å². The Bertz CT molecular complexity index is 1190. The number of likely N-dealkylation sites (N-methyl/N-ethyl adjacent to an activating group) is 1. The van der Waals surface area contributed by atoms with Gasteiger partial charge in [0.25, 0.3) is 0 Å². The molecule has 9 nitrogen and oxygen atoms in total. The first-order valence-electron chi connectivity index (χ1n) is 10.1. The van der Waals surface area contributed by atoms with Crippen LogP contribution in [0.3, 0.4) is 0 Å². The summed E-state index contributed by atoms with van der Waals surface area (Å²) in [6.45, 7) is 11.1. The predicted octanol–water partition coefficient (Wildman–Crippen LogP) is 3.13. The lowest BCUT2D eigenvalue weighted by atomic mass is 10.0. The van der Waals surface area contributed by atoms with E-state index >= 15 is 0 Å². The summed E-state index contributed by atoms with van der Waals surface area (Å²) in [6, 6.07) is 3.87. The van der Waals surface area contributed by atoms with Crippen molar-refractivity contribution in [2.45, 2.75) is 33.2 Å². The minimum atomic E-state index is -0.840. The maximum Gasteiger partial charge on any atom is 0.247 e. The summed E-state index contributed by atoms with van der Waals surface area (Å²) in [7, 11) is 1.60. The van der Waals surface area contributed by atoms with E-state index in [9.17, 15) is 4.79 Å². The van der Waals surface area contributed by atoms with E-state index in [1.165, 1.54) is 0 Å². The second kappa shape index (κ2) is 9.01. The fourth-order valence-corrected chi connectivity index (χ4v) is 3.19. The summed E-state index contributed by atoms with van der Waals surface area (Å²) >= 11 is 0. The van der Waals surface area contributed by atoms with Crippen molar-refractivity contribution < 1.29 is 4.79 Å². The third-order valence-corrected chi connectivity index (χ3v) is 5.34. The number of aromatic nitrogens is 4. The number of nitrogens with zero attached hydrogens (tertiary/aromatic N) is 5. The molecule has 0 radical (unpaired) electrons. The lowest BCUT2D eigenvalue weighted by Crippen LogP contribution is -2.43. The van der Waals surface area contributed by atoms with Crippen molar-refractivity contribution in [3.05, 3.63) is 59.4 Å². The summed E-state index contributed by atoms with van der Waals surface area (Å²) in [5, 5.41) is 10.2. The summed E-state index contributed by atoms with van der Waals surface area (Å²) in [4.78, 5) is 25.0. The van der Waals surface area contributed by atoms with Crippen LogP contribution in [0.1, 0.15) is 30.5 Å². The molecule has 9 heteroatoms. The predicted molar refractivity (Wildman–Crippen MR) is 128 cm³/mol. The number of aryl methyl sites for hydroxylation is 1. The highest BCUT2D eigenvalue weighted by Crippen LogP contribution is 2.27. The van der Waals surface area contributed by atoms with Crippen LogP contribution in [0.25, 0.3) is 17.3 Å². The van der Waals surface area contributed by atoms with Crippen molar-refractivity contribution in [1.29, 1.82) is 0 Å². The molecule has 1 amide bonds. The van der Waals surface area contributed by atoms with E-state index in [2.05, 4.69) is 37.4 Å². The van der Waals surface area contributed by atoms with Crippen molar-refractivity contribution in [3.8, 4) is 11.3 Å². The topological polar surface area (TPSA) is 123 Å². The molecule has 0 aliphatic carbocycles. The number of hydrogen-bond acceptors (Lipinski definition) is 7. The van der Waals surface area contributed by atoms with Crippen molar-refractivity contribution in [2.75, 3.05) is 18.1 Å². The number of aliphatic imine (C=N–C) groups is 1. The van der Waals surface area contributed by atoms with E-state index in [1.54, 1.807) is 50.4 Å². The Morgan fingerprint density at radius 2 is 2.06 bits per heavy atom. The van der Waals surface area contributed by atoms with E-state index in [0.29, 0.717) is 17.3 Å². The van der Waals surface area contributed by atoms with Crippen molar-refractivity contribution in [3.63, 3.8) is 0 Å². The van der Waals surface area contributed by atoms with Gasteiger partial charge in [0.15, 0.2) is 0 Å². The first-order valence-corrected chi connectivity index (χ1v) is 10.1. The molecule has 0 atom stereocenters. The van der Waals surface area contributed by atoms with Gasteiger partial charge in [-0.05, 0) is 69.3 Å². The highest BCUT2D eigenvalue weighted by Gasteiger charge is 2.29. The molecule has 0 aliphatic heterocycles. The van der Waals surface area contributed by atoms with Gasteiger partial charge in [0.2, 0.25) is 5.91 Å². The van der Waals surface area contributed by atoms with E-state index in [1.807, 2.05) is 32.1 Å². The molecule has 0 bridgehead atoms. The molecule has 3 heterocycles. The van der Waals surface area contributed by atoms with Crippen LogP contribution in [0.5, 0.6) is 0 Å². The van der Waals surface area contributed by atoms with Gasteiger partial charge in [0.1, 0.15) is 17.2 Å². The van der Waals surface area contributed by atoms with Crippen molar-refractivity contribution >= 4 is 30.2 Å². The zero-order chi connectivity index (χ0) is 23.5. The number of hydrogen-bond donors (Lipinski definition) is 3. The minimum absolute atomic E-state index is 0.147. The van der Waals surface area contributed by atoms with E-state index in [-0.39, 0.29) is 5.91 Å². The molecular weight excluding hydrogens is 404 g/mol. The Labute approximate surface area is 187 Å². The normalized spacial score (nSPS) is 11.8. The van der Waals surface area contributed by atoms with Gasteiger partial charge >= 0.3 is 0 Å². The quantitative estimate of drug-likeness (QED) is 0.493. The third-order valence-electron chi connectivity index (χ3n) is 5.34. The molecule has 0 saturated carbocycles. The lowest BCUT2D eigenvalue weighted by molar-refractivity contribution is -0.128. The van der Waals surface area contributed by atoms with Gasteiger partial charge in [-0.2, -0.15) is 5.10 Å². The lowest BCUT2D eigenvalue weighted by Gasteiger charge is -2.22. The molecule has 32 heavy (non-hydrogen) atoms. The van der Waals surface area contributed by atoms with Gasteiger partial charge in [0, 0.05) is 31.2 Å². The van der Waals surface area contributed by atoms with Crippen LogP contribution in [-0.2, 0) is 10.3 Å². The molecule has 3 rings (SSSR count). The Kier molecular flexibility index (Phi) is 6.38. The number of rotatable bonds is 7. The van der Waals surface area contributed by atoms with Crippen LogP contribution in [0.15, 0.2) is 47.7 Å².